The third kappa shape index (κ3) is 5.37. The van der Waals surface area contributed by atoms with E-state index < -0.39 is 5.91 Å². The van der Waals surface area contributed by atoms with E-state index >= 15 is 0 Å². The highest BCUT2D eigenvalue weighted by atomic mass is 35.5. The quantitative estimate of drug-likeness (QED) is 0.519. The summed E-state index contributed by atoms with van der Waals surface area (Å²) in [4.78, 5) is 13.6. The minimum atomic E-state index is -0.580. The van der Waals surface area contributed by atoms with Crippen LogP contribution in [0.1, 0.15) is 5.56 Å². The number of anilines is 1. The van der Waals surface area contributed by atoms with E-state index in [1.807, 2.05) is 6.92 Å². The predicted octanol–water partition coefficient (Wildman–Crippen LogP) is 1.28. The summed E-state index contributed by atoms with van der Waals surface area (Å²) in [6.45, 7) is 1.98. The number of nitrogens with one attached hydrogen (secondary N) is 1. The van der Waals surface area contributed by atoms with Crippen LogP contribution in [0.3, 0.4) is 0 Å². The van der Waals surface area contributed by atoms with Gasteiger partial charge in [-0.3, -0.25) is 4.79 Å². The predicted molar refractivity (Wildman–Crippen MR) is 84.3 cm³/mol. The maximum absolute atomic E-state index is 12.1. The van der Waals surface area contributed by atoms with E-state index in [2.05, 4.69) is 5.32 Å². The second kappa shape index (κ2) is 9.05. The molecule has 0 spiro atoms. The molecule has 118 valence electrons. The molecule has 0 bridgehead atoms. The zero-order valence-electron chi connectivity index (χ0n) is 12.2. The lowest BCUT2D eigenvalue weighted by Crippen LogP contribution is -2.26. The number of hydrogen-bond donors (Lipinski definition) is 3. The van der Waals surface area contributed by atoms with E-state index in [0.29, 0.717) is 10.7 Å². The van der Waals surface area contributed by atoms with Gasteiger partial charge in [0.1, 0.15) is 11.6 Å². The molecule has 0 atom stereocenters. The molecule has 0 aliphatic rings. The Labute approximate surface area is 134 Å². The molecule has 0 saturated heterocycles. The fraction of sp³-hybridized carbons (Fsp3) is 0.333. The van der Waals surface area contributed by atoms with Gasteiger partial charge < -0.3 is 20.4 Å². The van der Waals surface area contributed by atoms with Crippen molar-refractivity contribution in [3.8, 4) is 6.07 Å². The van der Waals surface area contributed by atoms with E-state index in [9.17, 15) is 4.79 Å². The van der Waals surface area contributed by atoms with E-state index in [1.54, 1.807) is 24.3 Å². The molecule has 1 rings (SSSR count). The monoisotopic (exact) mass is 323 g/mol. The molecule has 22 heavy (non-hydrogen) atoms. The third-order valence-electron chi connectivity index (χ3n) is 2.88. The molecule has 1 amide bonds. The maximum atomic E-state index is 12.1. The van der Waals surface area contributed by atoms with Crippen LogP contribution < -0.4 is 5.32 Å². The van der Waals surface area contributed by atoms with Gasteiger partial charge in [0, 0.05) is 30.0 Å². The lowest BCUT2D eigenvalue weighted by Gasteiger charge is -2.18. The first-order valence-electron chi connectivity index (χ1n) is 6.67. The normalized spacial score (nSPS) is 11.0. The fourth-order valence-electron chi connectivity index (χ4n) is 1.69. The SMILES string of the molecule is Cc1ccc(NC(=O)/C(C#N)=C\N(CCO)CCO)cc1Cl. The first-order valence-corrected chi connectivity index (χ1v) is 7.04. The number of benzene rings is 1. The molecule has 3 N–H and O–H groups in total. The highest BCUT2D eigenvalue weighted by Crippen LogP contribution is 2.20. The van der Waals surface area contributed by atoms with Crippen molar-refractivity contribution in [2.75, 3.05) is 31.6 Å². The van der Waals surface area contributed by atoms with Crippen LogP contribution in [0.5, 0.6) is 0 Å². The van der Waals surface area contributed by atoms with Crippen molar-refractivity contribution in [1.29, 1.82) is 5.26 Å². The molecule has 0 fully saturated rings. The Kier molecular flexibility index (Phi) is 7.40. The summed E-state index contributed by atoms with van der Waals surface area (Å²) in [6.07, 6.45) is 1.32. The van der Waals surface area contributed by atoms with Gasteiger partial charge in [-0.1, -0.05) is 17.7 Å². The molecule has 1 aromatic carbocycles. The Morgan fingerprint density at radius 2 is 2.05 bits per heavy atom. The number of amides is 1. The van der Waals surface area contributed by atoms with Crippen molar-refractivity contribution in [2.24, 2.45) is 0 Å². The number of nitrogens with zero attached hydrogens (tertiary/aromatic N) is 2. The van der Waals surface area contributed by atoms with Crippen LogP contribution in [0.15, 0.2) is 30.0 Å². The molecule has 0 saturated carbocycles. The molecular weight excluding hydrogens is 306 g/mol. The zero-order valence-corrected chi connectivity index (χ0v) is 13.0. The number of aliphatic hydroxyl groups excluding tert-OH is 2. The summed E-state index contributed by atoms with van der Waals surface area (Å²) in [7, 11) is 0. The summed E-state index contributed by atoms with van der Waals surface area (Å²) < 4.78 is 0. The average molecular weight is 324 g/mol. The lowest BCUT2D eigenvalue weighted by molar-refractivity contribution is -0.112. The van der Waals surface area contributed by atoms with E-state index in [1.165, 1.54) is 11.1 Å². The van der Waals surface area contributed by atoms with Crippen molar-refractivity contribution in [1.82, 2.24) is 4.90 Å². The lowest BCUT2D eigenvalue weighted by atomic mass is 10.2. The van der Waals surface area contributed by atoms with Crippen LogP contribution in [0.4, 0.5) is 5.69 Å². The van der Waals surface area contributed by atoms with Crippen LogP contribution >= 0.6 is 11.6 Å². The molecule has 7 heteroatoms. The fourth-order valence-corrected chi connectivity index (χ4v) is 1.87. The number of halogens is 1. The smallest absolute Gasteiger partial charge is 0.267 e. The summed E-state index contributed by atoms with van der Waals surface area (Å²) >= 11 is 5.98. The Balaban J connectivity index is 2.87. The number of nitriles is 1. The van der Waals surface area contributed by atoms with Gasteiger partial charge in [-0.25, -0.2) is 0 Å². The minimum absolute atomic E-state index is 0.126. The van der Waals surface area contributed by atoms with Gasteiger partial charge in [-0.05, 0) is 24.6 Å². The Hall–Kier alpha value is -2.07. The van der Waals surface area contributed by atoms with Crippen LogP contribution in [0, 0.1) is 18.3 Å². The van der Waals surface area contributed by atoms with Gasteiger partial charge in [-0.15, -0.1) is 0 Å². The van der Waals surface area contributed by atoms with Crippen molar-refractivity contribution in [3.63, 3.8) is 0 Å². The van der Waals surface area contributed by atoms with Gasteiger partial charge in [-0.2, -0.15) is 5.26 Å². The highest BCUT2D eigenvalue weighted by Gasteiger charge is 2.12. The minimum Gasteiger partial charge on any atom is -0.395 e. The van der Waals surface area contributed by atoms with Crippen molar-refractivity contribution in [3.05, 3.63) is 40.6 Å². The topological polar surface area (TPSA) is 96.6 Å². The van der Waals surface area contributed by atoms with E-state index in [0.717, 1.165) is 5.56 Å². The Bertz CT molecular complexity index is 590. The van der Waals surface area contributed by atoms with Crippen LogP contribution in [0.2, 0.25) is 5.02 Å². The Morgan fingerprint density at radius 1 is 1.41 bits per heavy atom. The standard InChI is InChI=1S/C15H18ClN3O3/c1-11-2-3-13(8-14(11)16)18-15(22)12(9-17)10-19(4-6-20)5-7-21/h2-3,8,10,20-21H,4-7H2,1H3,(H,18,22)/b12-10-. The van der Waals surface area contributed by atoms with Gasteiger partial charge in [0.25, 0.3) is 5.91 Å². The average Bonchev–Trinajstić information content (AvgIpc) is 2.48. The number of carbonyl (C=O) groups is 1. The molecule has 0 heterocycles. The van der Waals surface area contributed by atoms with Gasteiger partial charge in [0.15, 0.2) is 0 Å². The molecule has 0 aliphatic heterocycles. The van der Waals surface area contributed by atoms with Crippen LogP contribution in [0.25, 0.3) is 0 Å². The summed E-state index contributed by atoms with van der Waals surface area (Å²) in [5, 5.41) is 30.1. The van der Waals surface area contributed by atoms with E-state index in [-0.39, 0.29) is 31.9 Å². The number of rotatable bonds is 7. The first kappa shape index (κ1) is 18.0. The Morgan fingerprint density at radius 3 is 2.55 bits per heavy atom. The molecule has 0 unspecified atom stereocenters. The zero-order chi connectivity index (χ0) is 16.5. The molecule has 0 aromatic heterocycles. The second-order valence-corrected chi connectivity index (χ2v) is 4.96. The second-order valence-electron chi connectivity index (χ2n) is 4.56. The maximum Gasteiger partial charge on any atom is 0.267 e. The number of aryl methyl sites for hydroxylation is 1. The molecule has 0 radical (unpaired) electrons. The highest BCUT2D eigenvalue weighted by molar-refractivity contribution is 6.31. The van der Waals surface area contributed by atoms with E-state index in [4.69, 9.17) is 27.1 Å². The summed E-state index contributed by atoms with van der Waals surface area (Å²) in [6, 6.07) is 6.86. The number of carbonyl (C=O) groups excluding carboxylic acids is 1. The van der Waals surface area contributed by atoms with Crippen molar-refractivity contribution >= 4 is 23.2 Å². The molecule has 1 aromatic rings. The number of aliphatic hydroxyl groups is 2. The summed E-state index contributed by atoms with van der Waals surface area (Å²) in [5.74, 6) is -0.580. The molecule has 0 aliphatic carbocycles. The van der Waals surface area contributed by atoms with Crippen molar-refractivity contribution < 1.29 is 15.0 Å². The number of hydrogen-bond acceptors (Lipinski definition) is 5. The molecular formula is C15H18ClN3O3. The van der Waals surface area contributed by atoms with Crippen LogP contribution in [-0.4, -0.2) is 47.3 Å². The first-order chi connectivity index (χ1) is 10.5. The largest absolute Gasteiger partial charge is 0.395 e. The van der Waals surface area contributed by atoms with Crippen molar-refractivity contribution in [2.45, 2.75) is 6.92 Å². The summed E-state index contributed by atoms with van der Waals surface area (Å²) in [5.41, 5.74) is 1.24. The van der Waals surface area contributed by atoms with Crippen LogP contribution in [-0.2, 0) is 4.79 Å². The van der Waals surface area contributed by atoms with Gasteiger partial charge >= 0.3 is 0 Å². The van der Waals surface area contributed by atoms with Gasteiger partial charge in [0.05, 0.1) is 13.2 Å². The molecule has 6 nitrogen and oxygen atoms in total. The third-order valence-corrected chi connectivity index (χ3v) is 3.29. The van der Waals surface area contributed by atoms with Gasteiger partial charge in [0.2, 0.25) is 0 Å².